The molecule has 2 aromatic carbocycles. The van der Waals surface area contributed by atoms with Gasteiger partial charge in [-0.05, 0) is 178 Å². The number of ether oxygens (including phenoxy) is 2. The number of methoxy groups -OCH3 is 1. The third-order valence-corrected chi connectivity index (χ3v) is 17.4. The van der Waals surface area contributed by atoms with E-state index in [0.29, 0.717) is 27.6 Å². The van der Waals surface area contributed by atoms with Gasteiger partial charge < -0.3 is 9.47 Å². The zero-order chi connectivity index (χ0) is 39.7. The maximum absolute atomic E-state index is 13.6. The van der Waals surface area contributed by atoms with Gasteiger partial charge >= 0.3 is 5.97 Å². The largest absolute Gasteiger partial charge is 0.496 e. The van der Waals surface area contributed by atoms with Gasteiger partial charge in [-0.25, -0.2) is 4.79 Å². The maximum atomic E-state index is 13.6. The lowest BCUT2D eigenvalue weighted by Gasteiger charge is -2.63. The van der Waals surface area contributed by atoms with Gasteiger partial charge in [0.15, 0.2) is 0 Å². The van der Waals surface area contributed by atoms with Crippen LogP contribution in [0, 0.1) is 57.7 Å². The van der Waals surface area contributed by atoms with E-state index in [4.69, 9.17) is 9.47 Å². The summed E-state index contributed by atoms with van der Waals surface area (Å²) in [5, 5.41) is 0. The van der Waals surface area contributed by atoms with Crippen LogP contribution in [0.1, 0.15) is 130 Å². The van der Waals surface area contributed by atoms with Crippen LogP contribution in [0.15, 0.2) is 78.5 Å². The van der Waals surface area contributed by atoms with Gasteiger partial charge in [-0.1, -0.05) is 82.7 Å². The summed E-state index contributed by atoms with van der Waals surface area (Å²) in [7, 11) is 1.71. The van der Waals surface area contributed by atoms with Crippen LogP contribution in [0.3, 0.4) is 0 Å². The van der Waals surface area contributed by atoms with Gasteiger partial charge in [0.1, 0.15) is 11.9 Å². The van der Waals surface area contributed by atoms with E-state index in [2.05, 4.69) is 96.8 Å². The molecule has 1 heterocycles. The molecule has 5 fully saturated rings. The summed E-state index contributed by atoms with van der Waals surface area (Å²) in [6.45, 7) is 19.5. The molecule has 9 atom stereocenters. The number of benzene rings is 2. The van der Waals surface area contributed by atoms with Crippen LogP contribution in [-0.4, -0.2) is 24.2 Å². The number of hydrogen-bond acceptors (Lipinski definition) is 4. The average Bonchev–Trinajstić information content (AvgIpc) is 3.76. The highest BCUT2D eigenvalue weighted by molar-refractivity contribution is 5.89. The van der Waals surface area contributed by atoms with Crippen LogP contribution in [0.2, 0.25) is 0 Å². The Hall–Kier alpha value is -3.66. The number of aryl methyl sites for hydroxylation is 1. The Bertz CT molecular complexity index is 2020. The number of carbonyl (C=O) groups excluding carboxylic acids is 1. The van der Waals surface area contributed by atoms with E-state index >= 15 is 0 Å². The van der Waals surface area contributed by atoms with Gasteiger partial charge in [0.25, 0.3) is 0 Å². The van der Waals surface area contributed by atoms with Crippen LogP contribution in [-0.2, 0) is 9.53 Å². The monoisotopic (exact) mass is 754 g/mol. The van der Waals surface area contributed by atoms with Crippen LogP contribution in [0.25, 0.3) is 28.5 Å². The molecule has 5 aliphatic carbocycles. The number of aromatic nitrogens is 1. The molecule has 0 radical (unpaired) electrons. The quantitative estimate of drug-likeness (QED) is 0.117. The predicted molar refractivity (Wildman–Crippen MR) is 230 cm³/mol. The van der Waals surface area contributed by atoms with Crippen molar-refractivity contribution in [3.63, 3.8) is 0 Å². The normalized spacial score (nSPS) is 34.4. The van der Waals surface area contributed by atoms with Crippen molar-refractivity contribution in [3.05, 3.63) is 89.6 Å². The third kappa shape index (κ3) is 6.05. The molecule has 4 heteroatoms. The number of pyridine rings is 1. The zero-order valence-electron chi connectivity index (χ0n) is 35.8. The number of esters is 1. The minimum Gasteiger partial charge on any atom is -0.496 e. The molecule has 1 aromatic heterocycles. The molecule has 298 valence electrons. The van der Waals surface area contributed by atoms with Crippen molar-refractivity contribution in [2.24, 2.45) is 50.7 Å². The molecule has 56 heavy (non-hydrogen) atoms. The second-order valence-electron chi connectivity index (χ2n) is 20.3. The SMILES string of the molecule is COc1cc(/C=C/C(=O)O[C@H]2CC[C@]34C[C@@]35CC[C@]3(C)[C@@H]([C@H](C)CCC=C(C)C)CC[C@@]3(C)[C@@H]5CC[C@H]4C2(C)C)ccc1-c1cccc(C)c1-c1ccccn1. The molecular formula is C52H67NO3. The summed E-state index contributed by atoms with van der Waals surface area (Å²) in [6, 6.07) is 18.5. The number of carbonyl (C=O) groups is 1. The van der Waals surface area contributed by atoms with Crippen molar-refractivity contribution in [1.82, 2.24) is 4.98 Å². The lowest BCUT2D eigenvalue weighted by Crippen LogP contribution is -2.58. The Kier molecular flexibility index (Phi) is 10.0. The standard InChI is InChI=1S/C52H67NO3/c1-34(2)14-12-15-35(3)40-25-27-50(8)44-23-22-43-48(5,6)45(26-28-51(43)33-52(44,51)30-29-49(40,50)7)56-46(54)24-20-37-19-21-38(42(32-37)55-9)39-17-13-16-36(4)47(39)41-18-10-11-31-53-41/h10-11,13-14,16-21,24,31-32,35,40,43-45H,12,15,22-23,25-30,33H2,1-9H3/b24-20+/t35-,40-,43+,44+,45+,49-,50+,51-,52-/m1/s1. The van der Waals surface area contributed by atoms with Crippen molar-refractivity contribution in [3.8, 4) is 28.1 Å². The van der Waals surface area contributed by atoms with Crippen molar-refractivity contribution >= 4 is 12.0 Å². The Morgan fingerprint density at radius 3 is 2.41 bits per heavy atom. The van der Waals surface area contributed by atoms with Crippen LogP contribution < -0.4 is 4.74 Å². The first kappa shape index (κ1) is 39.2. The average molecular weight is 754 g/mol. The molecule has 5 aliphatic rings. The maximum Gasteiger partial charge on any atom is 0.331 e. The Balaban J connectivity index is 0.949. The molecule has 5 saturated carbocycles. The number of nitrogens with zero attached hydrogens (tertiary/aromatic N) is 1. The van der Waals surface area contributed by atoms with E-state index < -0.39 is 0 Å². The van der Waals surface area contributed by atoms with E-state index in [1.807, 2.05) is 36.5 Å². The molecule has 0 bridgehead atoms. The van der Waals surface area contributed by atoms with Crippen molar-refractivity contribution in [2.45, 2.75) is 132 Å². The molecule has 0 amide bonds. The third-order valence-electron chi connectivity index (χ3n) is 17.4. The number of allylic oxidation sites excluding steroid dienone is 2. The molecule has 0 unspecified atom stereocenters. The highest BCUT2D eigenvalue weighted by Crippen LogP contribution is 2.89. The summed E-state index contributed by atoms with van der Waals surface area (Å²) < 4.78 is 12.4. The Morgan fingerprint density at radius 1 is 0.875 bits per heavy atom. The molecular weight excluding hydrogens is 687 g/mol. The lowest BCUT2D eigenvalue weighted by molar-refractivity contribution is -0.179. The van der Waals surface area contributed by atoms with Gasteiger partial charge in [0.2, 0.25) is 0 Å². The van der Waals surface area contributed by atoms with E-state index in [-0.39, 0.29) is 17.5 Å². The minimum absolute atomic E-state index is 0.0421. The van der Waals surface area contributed by atoms with Gasteiger partial charge in [-0.2, -0.15) is 0 Å². The van der Waals surface area contributed by atoms with Crippen LogP contribution >= 0.6 is 0 Å². The number of rotatable bonds is 10. The van der Waals surface area contributed by atoms with Crippen LogP contribution in [0.4, 0.5) is 0 Å². The fourth-order valence-corrected chi connectivity index (χ4v) is 14.5. The fraction of sp³-hybridized carbons (Fsp3) is 0.577. The smallest absolute Gasteiger partial charge is 0.331 e. The van der Waals surface area contributed by atoms with E-state index in [1.54, 1.807) is 13.2 Å². The summed E-state index contributed by atoms with van der Waals surface area (Å²) in [6.07, 6.45) is 22.2. The lowest BCUT2D eigenvalue weighted by atomic mass is 9.41. The van der Waals surface area contributed by atoms with E-state index in [0.717, 1.165) is 63.4 Å². The van der Waals surface area contributed by atoms with Crippen molar-refractivity contribution in [1.29, 1.82) is 0 Å². The summed E-state index contributed by atoms with van der Waals surface area (Å²) in [5.41, 5.74) is 9.40. The van der Waals surface area contributed by atoms with Crippen molar-refractivity contribution < 1.29 is 14.3 Å². The zero-order valence-corrected chi connectivity index (χ0v) is 35.8. The molecule has 0 aliphatic heterocycles. The minimum atomic E-state index is -0.242. The predicted octanol–water partition coefficient (Wildman–Crippen LogP) is 13.5. The van der Waals surface area contributed by atoms with Gasteiger partial charge in [-0.3, -0.25) is 4.98 Å². The molecule has 4 nitrogen and oxygen atoms in total. The first-order valence-electron chi connectivity index (χ1n) is 21.9. The van der Waals surface area contributed by atoms with E-state index in [9.17, 15) is 4.79 Å². The van der Waals surface area contributed by atoms with Gasteiger partial charge in [0, 0.05) is 28.8 Å². The Morgan fingerprint density at radius 2 is 1.66 bits per heavy atom. The first-order chi connectivity index (χ1) is 26.7. The first-order valence-corrected chi connectivity index (χ1v) is 21.9. The Labute approximate surface area is 338 Å². The molecule has 3 aromatic rings. The highest BCUT2D eigenvalue weighted by Gasteiger charge is 2.82. The van der Waals surface area contributed by atoms with Crippen LogP contribution in [0.5, 0.6) is 5.75 Å². The topological polar surface area (TPSA) is 48.4 Å². The van der Waals surface area contributed by atoms with Crippen molar-refractivity contribution in [2.75, 3.05) is 7.11 Å². The van der Waals surface area contributed by atoms with Gasteiger partial charge in [0.05, 0.1) is 12.8 Å². The van der Waals surface area contributed by atoms with E-state index in [1.165, 1.54) is 69.8 Å². The molecule has 0 saturated heterocycles. The molecule has 8 rings (SSSR count). The fourth-order valence-electron chi connectivity index (χ4n) is 14.5. The second-order valence-corrected chi connectivity index (χ2v) is 20.3. The summed E-state index contributed by atoms with van der Waals surface area (Å²) in [5.74, 6) is 3.61. The summed E-state index contributed by atoms with van der Waals surface area (Å²) >= 11 is 0. The number of hydrogen-bond donors (Lipinski definition) is 0. The van der Waals surface area contributed by atoms with Gasteiger partial charge in [-0.15, -0.1) is 0 Å². The highest BCUT2D eigenvalue weighted by atomic mass is 16.5. The summed E-state index contributed by atoms with van der Waals surface area (Å²) in [4.78, 5) is 18.2. The number of fused-ring (bicyclic) bond motifs is 2. The molecule has 2 spiro atoms. The second kappa shape index (κ2) is 14.3. The molecule has 0 N–H and O–H groups in total.